The smallest absolute Gasteiger partial charge is 0.132 e. The van der Waals surface area contributed by atoms with Crippen LogP contribution in [0.2, 0.25) is 5.02 Å². The molecule has 0 spiro atoms. The summed E-state index contributed by atoms with van der Waals surface area (Å²) in [7, 11) is 0. The number of rotatable bonds is 3. The van der Waals surface area contributed by atoms with Gasteiger partial charge in [-0.25, -0.2) is 0 Å². The van der Waals surface area contributed by atoms with Gasteiger partial charge in [-0.1, -0.05) is 22.8 Å². The number of ether oxygens (including phenoxy) is 1. The maximum absolute atomic E-state index is 8.49. The third-order valence-corrected chi connectivity index (χ3v) is 4.42. The fraction of sp³-hybridized carbons (Fsp3) is 0.286. The summed E-state index contributed by atoms with van der Waals surface area (Å²) in [6.45, 7) is 2.26. The van der Waals surface area contributed by atoms with Gasteiger partial charge in [0.1, 0.15) is 11.4 Å². The Morgan fingerprint density at radius 3 is 3.10 bits per heavy atom. The highest BCUT2D eigenvalue weighted by atomic mass is 35.5. The predicted molar refractivity (Wildman–Crippen MR) is 81.5 cm³/mol. The molecule has 1 aromatic carbocycles. The Balaban J connectivity index is 2.05. The number of nitrogens with zero attached hydrogens (tertiary/aromatic N) is 3. The molecule has 0 amide bonds. The Morgan fingerprint density at radius 2 is 2.40 bits per heavy atom. The number of benzene rings is 1. The van der Waals surface area contributed by atoms with E-state index in [1.54, 1.807) is 11.3 Å². The van der Waals surface area contributed by atoms with Crippen molar-refractivity contribution >= 4 is 22.9 Å². The summed E-state index contributed by atoms with van der Waals surface area (Å²) in [4.78, 5) is 3.94. The molecule has 0 saturated heterocycles. The van der Waals surface area contributed by atoms with Crippen molar-refractivity contribution in [2.45, 2.75) is 18.9 Å². The van der Waals surface area contributed by atoms with E-state index in [4.69, 9.17) is 21.9 Å². The third kappa shape index (κ3) is 2.36. The Bertz CT molecular complexity index is 695. The van der Waals surface area contributed by atoms with Gasteiger partial charge in [-0.2, -0.15) is 0 Å². The standard InChI is InChI=1S/C14H12ClN3OS/c1-14(8-17-18-16)7-9-5-10(15)6-11(13(9)19-14)12-3-2-4-20-12/h2-6H,7-8H2,1H3. The van der Waals surface area contributed by atoms with Gasteiger partial charge in [-0.3, -0.25) is 0 Å². The molecule has 0 radical (unpaired) electrons. The number of hydrogen-bond donors (Lipinski definition) is 0. The first-order valence-corrected chi connectivity index (χ1v) is 7.43. The van der Waals surface area contributed by atoms with Crippen molar-refractivity contribution in [3.05, 3.63) is 50.7 Å². The van der Waals surface area contributed by atoms with Crippen molar-refractivity contribution in [2.24, 2.45) is 5.11 Å². The van der Waals surface area contributed by atoms with Crippen molar-refractivity contribution in [1.29, 1.82) is 0 Å². The Kier molecular flexibility index (Phi) is 3.34. The minimum absolute atomic E-state index is 0.305. The van der Waals surface area contributed by atoms with Gasteiger partial charge >= 0.3 is 0 Å². The monoisotopic (exact) mass is 305 g/mol. The second-order valence-corrected chi connectivity index (χ2v) is 6.42. The van der Waals surface area contributed by atoms with Gasteiger partial charge in [0, 0.05) is 32.4 Å². The van der Waals surface area contributed by atoms with Crippen molar-refractivity contribution in [1.82, 2.24) is 0 Å². The summed E-state index contributed by atoms with van der Waals surface area (Å²) in [6.07, 6.45) is 0.695. The lowest BCUT2D eigenvalue weighted by Crippen LogP contribution is -2.33. The lowest BCUT2D eigenvalue weighted by Gasteiger charge is -2.21. The normalized spacial score (nSPS) is 20.1. The van der Waals surface area contributed by atoms with Crippen LogP contribution in [0.15, 0.2) is 34.8 Å². The van der Waals surface area contributed by atoms with Gasteiger partial charge in [0.05, 0.1) is 6.54 Å². The van der Waals surface area contributed by atoms with Crippen LogP contribution in [0, 0.1) is 0 Å². The molecule has 6 heteroatoms. The number of hydrogen-bond acceptors (Lipinski definition) is 3. The highest BCUT2D eigenvalue weighted by Gasteiger charge is 2.36. The van der Waals surface area contributed by atoms with Gasteiger partial charge in [-0.05, 0) is 36.0 Å². The van der Waals surface area contributed by atoms with Gasteiger partial charge < -0.3 is 4.74 Å². The molecule has 1 aromatic heterocycles. The van der Waals surface area contributed by atoms with E-state index in [2.05, 4.69) is 10.0 Å². The zero-order valence-corrected chi connectivity index (χ0v) is 12.4. The molecule has 1 unspecified atom stereocenters. The molecule has 20 heavy (non-hydrogen) atoms. The van der Waals surface area contributed by atoms with Crippen LogP contribution < -0.4 is 4.74 Å². The summed E-state index contributed by atoms with van der Waals surface area (Å²) in [5.74, 6) is 0.854. The first kappa shape index (κ1) is 13.3. The van der Waals surface area contributed by atoms with E-state index < -0.39 is 5.60 Å². The average Bonchev–Trinajstić information content (AvgIpc) is 3.02. The molecule has 3 rings (SSSR count). The molecule has 102 valence electrons. The molecule has 1 aliphatic heterocycles. The van der Waals surface area contributed by atoms with Gasteiger partial charge in [0.2, 0.25) is 0 Å². The van der Waals surface area contributed by atoms with Gasteiger partial charge in [0.15, 0.2) is 0 Å². The topological polar surface area (TPSA) is 58.0 Å². The Morgan fingerprint density at radius 1 is 1.55 bits per heavy atom. The van der Waals surface area contributed by atoms with E-state index >= 15 is 0 Å². The van der Waals surface area contributed by atoms with Gasteiger partial charge in [0.25, 0.3) is 0 Å². The third-order valence-electron chi connectivity index (χ3n) is 3.30. The predicted octanol–water partition coefficient (Wildman–Crippen LogP) is 5.07. The SMILES string of the molecule is CC1(CN=[N+]=[N-])Cc2cc(Cl)cc(-c3cccs3)c2O1. The fourth-order valence-corrected chi connectivity index (χ4v) is 3.45. The van der Waals surface area contributed by atoms with Crippen LogP contribution in [0.25, 0.3) is 20.9 Å². The molecule has 0 bridgehead atoms. The summed E-state index contributed by atoms with van der Waals surface area (Å²) >= 11 is 7.86. The highest BCUT2D eigenvalue weighted by molar-refractivity contribution is 7.13. The molecule has 4 nitrogen and oxygen atoms in total. The number of azide groups is 1. The van der Waals surface area contributed by atoms with E-state index in [0.29, 0.717) is 18.0 Å². The molecule has 0 fully saturated rings. The molecule has 1 atom stereocenters. The van der Waals surface area contributed by atoms with Crippen molar-refractivity contribution < 1.29 is 4.74 Å². The largest absolute Gasteiger partial charge is 0.486 e. The lowest BCUT2D eigenvalue weighted by molar-refractivity contribution is 0.126. The molecular weight excluding hydrogens is 294 g/mol. The zero-order chi connectivity index (χ0) is 14.2. The van der Waals surface area contributed by atoms with Crippen LogP contribution in [0.1, 0.15) is 12.5 Å². The van der Waals surface area contributed by atoms with Crippen molar-refractivity contribution in [3.63, 3.8) is 0 Å². The first-order valence-electron chi connectivity index (χ1n) is 6.17. The second-order valence-electron chi connectivity index (χ2n) is 5.04. The molecule has 2 heterocycles. The summed E-state index contributed by atoms with van der Waals surface area (Å²) < 4.78 is 6.09. The second kappa shape index (κ2) is 5.02. The summed E-state index contributed by atoms with van der Waals surface area (Å²) in [6, 6.07) is 7.89. The lowest BCUT2D eigenvalue weighted by atomic mass is 9.98. The number of fused-ring (bicyclic) bond motifs is 1. The summed E-state index contributed by atoms with van der Waals surface area (Å²) in [5.41, 5.74) is 10.1. The van der Waals surface area contributed by atoms with E-state index in [0.717, 1.165) is 21.8 Å². The molecule has 0 aliphatic carbocycles. The minimum atomic E-state index is -0.495. The van der Waals surface area contributed by atoms with Crippen LogP contribution in [-0.4, -0.2) is 12.1 Å². The molecule has 0 saturated carbocycles. The first-order chi connectivity index (χ1) is 9.61. The Labute approximate surface area is 125 Å². The highest BCUT2D eigenvalue weighted by Crippen LogP contribution is 2.45. The number of halogens is 1. The maximum Gasteiger partial charge on any atom is 0.132 e. The fourth-order valence-electron chi connectivity index (χ4n) is 2.47. The van der Waals surface area contributed by atoms with E-state index in [1.165, 1.54) is 0 Å². The van der Waals surface area contributed by atoms with E-state index in [9.17, 15) is 0 Å². The average molecular weight is 306 g/mol. The van der Waals surface area contributed by atoms with Crippen molar-refractivity contribution in [3.8, 4) is 16.2 Å². The van der Waals surface area contributed by atoms with Crippen LogP contribution in [0.4, 0.5) is 0 Å². The molecule has 1 aliphatic rings. The Hall–Kier alpha value is -1.68. The van der Waals surface area contributed by atoms with E-state index in [-0.39, 0.29) is 0 Å². The molecular formula is C14H12ClN3OS. The number of thiophene rings is 1. The van der Waals surface area contributed by atoms with Crippen LogP contribution >= 0.6 is 22.9 Å². The van der Waals surface area contributed by atoms with E-state index in [1.807, 2.05) is 36.6 Å². The van der Waals surface area contributed by atoms with Crippen LogP contribution in [-0.2, 0) is 6.42 Å². The molecule has 0 N–H and O–H groups in total. The maximum atomic E-state index is 8.49. The summed E-state index contributed by atoms with van der Waals surface area (Å²) in [5, 5.41) is 6.37. The van der Waals surface area contributed by atoms with Crippen LogP contribution in [0.3, 0.4) is 0 Å². The van der Waals surface area contributed by atoms with Crippen molar-refractivity contribution in [2.75, 3.05) is 6.54 Å². The molecule has 2 aromatic rings. The quantitative estimate of drug-likeness (QED) is 0.443. The zero-order valence-electron chi connectivity index (χ0n) is 10.8. The minimum Gasteiger partial charge on any atom is -0.486 e. The van der Waals surface area contributed by atoms with Crippen LogP contribution in [0.5, 0.6) is 5.75 Å². The van der Waals surface area contributed by atoms with Gasteiger partial charge in [-0.15, -0.1) is 11.3 Å².